The molecule has 0 bridgehead atoms. The molecule has 0 aliphatic carbocycles. The second-order valence-electron chi connectivity index (χ2n) is 6.07. The summed E-state index contributed by atoms with van der Waals surface area (Å²) in [5.41, 5.74) is 4.33. The lowest BCUT2D eigenvalue weighted by atomic mass is 10.0. The monoisotopic (exact) mass is 376 g/mol. The van der Waals surface area contributed by atoms with Crippen LogP contribution in [-0.4, -0.2) is 27.9 Å². The molecule has 0 aliphatic rings. The highest BCUT2D eigenvalue weighted by molar-refractivity contribution is 7.17. The average Bonchev–Trinajstić information content (AvgIpc) is 3.12. The summed E-state index contributed by atoms with van der Waals surface area (Å²) in [7, 11) is 1.61. The van der Waals surface area contributed by atoms with Crippen LogP contribution < -0.4 is 10.9 Å². The van der Waals surface area contributed by atoms with E-state index >= 15 is 0 Å². The number of fused-ring (bicyclic) bond motifs is 1. The molecular weight excluding hydrogens is 360 g/mol. The van der Waals surface area contributed by atoms with Gasteiger partial charge in [-0.2, -0.15) is 0 Å². The number of nitrogens with zero attached hydrogens (tertiary/aromatic N) is 2. The predicted molar refractivity (Wildman–Crippen MR) is 107 cm³/mol. The molecule has 3 aromatic heterocycles. The highest BCUT2D eigenvalue weighted by Gasteiger charge is 2.15. The van der Waals surface area contributed by atoms with Crippen molar-refractivity contribution in [3.05, 3.63) is 69.5 Å². The van der Waals surface area contributed by atoms with Gasteiger partial charge in [0.25, 0.3) is 11.5 Å². The fraction of sp³-hybridized carbons (Fsp3) is 0.100. The molecule has 27 heavy (non-hydrogen) atoms. The third-order valence-corrected chi connectivity index (χ3v) is 5.31. The predicted octanol–water partition coefficient (Wildman–Crippen LogP) is 3.38. The summed E-state index contributed by atoms with van der Waals surface area (Å²) in [5, 5.41) is 4.56. The largest absolute Gasteiger partial charge is 0.355 e. The molecule has 0 atom stereocenters. The van der Waals surface area contributed by atoms with Crippen LogP contribution in [0.2, 0.25) is 0 Å². The van der Waals surface area contributed by atoms with E-state index in [0.717, 1.165) is 16.7 Å². The number of hydrogen-bond donors (Lipinski definition) is 2. The van der Waals surface area contributed by atoms with E-state index < -0.39 is 0 Å². The van der Waals surface area contributed by atoms with E-state index in [4.69, 9.17) is 0 Å². The van der Waals surface area contributed by atoms with E-state index in [1.807, 2.05) is 36.6 Å². The molecule has 0 saturated heterocycles. The molecule has 1 amide bonds. The number of aromatic amines is 1. The van der Waals surface area contributed by atoms with Gasteiger partial charge in [-0.1, -0.05) is 18.2 Å². The zero-order valence-electron chi connectivity index (χ0n) is 14.7. The third kappa shape index (κ3) is 3.02. The van der Waals surface area contributed by atoms with Gasteiger partial charge in [-0.15, -0.1) is 11.3 Å². The summed E-state index contributed by atoms with van der Waals surface area (Å²) in [6, 6.07) is 11.1. The van der Waals surface area contributed by atoms with Crippen LogP contribution in [0.3, 0.4) is 0 Å². The highest BCUT2D eigenvalue weighted by Crippen LogP contribution is 2.32. The van der Waals surface area contributed by atoms with Gasteiger partial charge < -0.3 is 10.3 Å². The summed E-state index contributed by atoms with van der Waals surface area (Å²) >= 11 is 1.35. The molecule has 0 fully saturated rings. The fourth-order valence-electron chi connectivity index (χ4n) is 2.98. The normalized spacial score (nSPS) is 10.9. The van der Waals surface area contributed by atoms with Crippen LogP contribution in [0.5, 0.6) is 0 Å². The number of pyridine rings is 1. The summed E-state index contributed by atoms with van der Waals surface area (Å²) in [4.78, 5) is 36.1. The van der Waals surface area contributed by atoms with Crippen molar-refractivity contribution in [1.29, 1.82) is 0 Å². The second-order valence-corrected chi connectivity index (χ2v) is 6.95. The molecule has 3 heterocycles. The highest BCUT2D eigenvalue weighted by atomic mass is 32.1. The van der Waals surface area contributed by atoms with Crippen LogP contribution in [0, 0.1) is 6.92 Å². The Hall–Kier alpha value is -3.32. The maximum atomic E-state index is 12.5. The summed E-state index contributed by atoms with van der Waals surface area (Å²) in [6.07, 6.45) is 1.66. The van der Waals surface area contributed by atoms with Crippen molar-refractivity contribution in [2.75, 3.05) is 7.05 Å². The number of carbonyl (C=O) groups excluding carboxylic acids is 1. The van der Waals surface area contributed by atoms with E-state index in [0.29, 0.717) is 27.3 Å². The van der Waals surface area contributed by atoms with Crippen molar-refractivity contribution in [2.45, 2.75) is 6.92 Å². The molecule has 134 valence electrons. The Labute approximate surface area is 158 Å². The van der Waals surface area contributed by atoms with Gasteiger partial charge in [0.05, 0.1) is 5.52 Å². The van der Waals surface area contributed by atoms with E-state index in [1.54, 1.807) is 25.4 Å². The number of carbonyl (C=O) groups is 1. The van der Waals surface area contributed by atoms with Crippen LogP contribution in [0.25, 0.3) is 32.9 Å². The smallest absolute Gasteiger partial charge is 0.269 e. The molecule has 0 spiro atoms. The van der Waals surface area contributed by atoms with Gasteiger partial charge in [-0.3, -0.25) is 14.6 Å². The quantitative estimate of drug-likeness (QED) is 0.574. The lowest BCUT2D eigenvalue weighted by Crippen LogP contribution is -2.18. The number of benzene rings is 1. The second kappa shape index (κ2) is 6.77. The number of amides is 1. The first-order valence-electron chi connectivity index (χ1n) is 8.34. The molecule has 2 N–H and O–H groups in total. The number of rotatable bonds is 3. The molecule has 1 aromatic carbocycles. The van der Waals surface area contributed by atoms with E-state index in [1.165, 1.54) is 11.3 Å². The van der Waals surface area contributed by atoms with Crippen molar-refractivity contribution in [3.63, 3.8) is 0 Å². The summed E-state index contributed by atoms with van der Waals surface area (Å²) < 4.78 is 0.567. The molecule has 7 heteroatoms. The lowest BCUT2D eigenvalue weighted by molar-refractivity contribution is 0.0962. The third-order valence-electron chi connectivity index (χ3n) is 4.34. The Balaban J connectivity index is 1.88. The van der Waals surface area contributed by atoms with Gasteiger partial charge in [-0.25, -0.2) is 4.98 Å². The molecule has 0 radical (unpaired) electrons. The van der Waals surface area contributed by atoms with Gasteiger partial charge in [0, 0.05) is 29.8 Å². The maximum Gasteiger partial charge on any atom is 0.269 e. The van der Waals surface area contributed by atoms with Crippen LogP contribution >= 0.6 is 11.3 Å². The summed E-state index contributed by atoms with van der Waals surface area (Å²) in [6.45, 7) is 1.89. The minimum absolute atomic E-state index is 0.124. The SMILES string of the molecule is CNC(=O)c1ccc(-c2csc3c(=O)[nH]c(-c4ccccn4)nc23)cc1C. The van der Waals surface area contributed by atoms with Gasteiger partial charge in [0.1, 0.15) is 10.4 Å². The number of aryl methyl sites for hydroxylation is 1. The number of nitrogens with one attached hydrogen (secondary N) is 2. The molecule has 0 aliphatic heterocycles. The van der Waals surface area contributed by atoms with Gasteiger partial charge in [0.2, 0.25) is 0 Å². The zero-order chi connectivity index (χ0) is 19.0. The van der Waals surface area contributed by atoms with Crippen LogP contribution in [0.4, 0.5) is 0 Å². The first-order valence-corrected chi connectivity index (χ1v) is 9.22. The Morgan fingerprint density at radius 3 is 2.78 bits per heavy atom. The summed E-state index contributed by atoms with van der Waals surface area (Å²) in [5.74, 6) is 0.313. The van der Waals surface area contributed by atoms with E-state index in [9.17, 15) is 9.59 Å². The van der Waals surface area contributed by atoms with Crippen molar-refractivity contribution in [2.24, 2.45) is 0 Å². The Morgan fingerprint density at radius 2 is 2.07 bits per heavy atom. The first kappa shape index (κ1) is 17.1. The van der Waals surface area contributed by atoms with Gasteiger partial charge in [0.15, 0.2) is 5.82 Å². The Morgan fingerprint density at radius 1 is 1.22 bits per heavy atom. The van der Waals surface area contributed by atoms with E-state index in [-0.39, 0.29) is 11.5 Å². The maximum absolute atomic E-state index is 12.5. The van der Waals surface area contributed by atoms with Crippen LogP contribution in [0.1, 0.15) is 15.9 Å². The van der Waals surface area contributed by atoms with Crippen molar-refractivity contribution in [3.8, 4) is 22.6 Å². The molecular formula is C20H16N4O2S. The van der Waals surface area contributed by atoms with Crippen molar-refractivity contribution in [1.82, 2.24) is 20.3 Å². The van der Waals surface area contributed by atoms with Gasteiger partial charge >= 0.3 is 0 Å². The Bertz CT molecular complexity index is 1210. The van der Waals surface area contributed by atoms with Gasteiger partial charge in [-0.05, 0) is 36.2 Å². The van der Waals surface area contributed by atoms with Crippen LogP contribution in [0.15, 0.2) is 52.8 Å². The average molecular weight is 376 g/mol. The molecule has 0 unspecified atom stereocenters. The molecule has 6 nitrogen and oxygen atoms in total. The number of H-pyrrole nitrogens is 1. The topological polar surface area (TPSA) is 87.7 Å². The minimum Gasteiger partial charge on any atom is -0.355 e. The number of hydrogen-bond acceptors (Lipinski definition) is 5. The fourth-order valence-corrected chi connectivity index (χ4v) is 3.89. The zero-order valence-corrected chi connectivity index (χ0v) is 15.6. The molecule has 4 aromatic rings. The van der Waals surface area contributed by atoms with E-state index in [2.05, 4.69) is 20.3 Å². The minimum atomic E-state index is -0.185. The molecule has 0 saturated carbocycles. The molecule has 4 rings (SSSR count). The first-order chi connectivity index (χ1) is 13.1. The Kier molecular flexibility index (Phi) is 4.29. The lowest BCUT2D eigenvalue weighted by Gasteiger charge is -2.07. The van der Waals surface area contributed by atoms with Crippen LogP contribution in [-0.2, 0) is 0 Å². The number of aromatic nitrogens is 3. The van der Waals surface area contributed by atoms with Crippen molar-refractivity contribution >= 4 is 27.5 Å². The standard InChI is InChI=1S/C20H16N4O2S/c1-11-9-12(6-7-13(11)19(25)21-2)14-10-27-17-16(14)23-18(24-20(17)26)15-5-3-4-8-22-15/h3-10H,1-2H3,(H,21,25)(H,23,24,26). The number of thiophene rings is 1. The van der Waals surface area contributed by atoms with Crippen molar-refractivity contribution < 1.29 is 4.79 Å².